The fraction of sp³-hybridized carbons (Fsp3) is 0.462. The van der Waals surface area contributed by atoms with Gasteiger partial charge in [-0.2, -0.15) is 0 Å². The summed E-state index contributed by atoms with van der Waals surface area (Å²) in [5.41, 5.74) is 3.03. The van der Waals surface area contributed by atoms with Crippen LogP contribution in [0.25, 0.3) is 0 Å². The molecule has 1 heterocycles. The lowest BCUT2D eigenvalue weighted by atomic mass is 10.1. The van der Waals surface area contributed by atoms with Crippen LogP contribution >= 0.6 is 15.9 Å². The molecule has 1 aliphatic heterocycles. The molecule has 0 aromatic heterocycles. The zero-order valence-electron chi connectivity index (χ0n) is 9.92. The summed E-state index contributed by atoms with van der Waals surface area (Å²) in [5, 5.41) is 10.8. The predicted molar refractivity (Wildman–Crippen MR) is 74.0 cm³/mol. The molecule has 17 heavy (non-hydrogen) atoms. The summed E-state index contributed by atoms with van der Waals surface area (Å²) in [6.45, 7) is 2.87. The Bertz CT molecular complexity index is 414. The molecular weight excluding hydrogens is 280 g/mol. The Kier molecular flexibility index (Phi) is 4.18. The molecule has 0 spiro atoms. The van der Waals surface area contributed by atoms with Crippen LogP contribution in [0.2, 0.25) is 0 Å². The number of anilines is 1. The van der Waals surface area contributed by atoms with Crippen molar-refractivity contribution in [3.8, 4) is 0 Å². The van der Waals surface area contributed by atoms with E-state index in [-0.39, 0.29) is 6.23 Å². The summed E-state index contributed by atoms with van der Waals surface area (Å²) in [4.78, 5) is 0. The third-order valence-corrected chi connectivity index (χ3v) is 3.84. The van der Waals surface area contributed by atoms with Gasteiger partial charge in [0.05, 0.1) is 0 Å². The van der Waals surface area contributed by atoms with E-state index in [1.54, 1.807) is 0 Å². The first-order chi connectivity index (χ1) is 8.20. The van der Waals surface area contributed by atoms with Gasteiger partial charge in [0.15, 0.2) is 0 Å². The summed E-state index contributed by atoms with van der Waals surface area (Å²) in [6, 6.07) is 4.02. The standard InChI is InChI=1S/C13H17BrN2O/c1-9-6-12(10(8-15)7-11(9)14)16-13-4-2-3-5-17-13/h6-8,13,15-16H,2-5H2,1H3. The van der Waals surface area contributed by atoms with Gasteiger partial charge in [0.25, 0.3) is 0 Å². The zero-order valence-corrected chi connectivity index (χ0v) is 11.5. The average molecular weight is 297 g/mol. The van der Waals surface area contributed by atoms with Crippen LogP contribution in [0.5, 0.6) is 0 Å². The number of nitrogens with one attached hydrogen (secondary N) is 2. The minimum absolute atomic E-state index is 0.0861. The fourth-order valence-corrected chi connectivity index (χ4v) is 2.33. The van der Waals surface area contributed by atoms with E-state index in [2.05, 4.69) is 27.3 Å². The molecule has 92 valence electrons. The summed E-state index contributed by atoms with van der Waals surface area (Å²) in [5.74, 6) is 0. The van der Waals surface area contributed by atoms with Crippen molar-refractivity contribution in [2.45, 2.75) is 32.4 Å². The maximum atomic E-state index is 7.44. The largest absolute Gasteiger partial charge is 0.360 e. The van der Waals surface area contributed by atoms with Crippen molar-refractivity contribution in [1.82, 2.24) is 0 Å². The highest BCUT2D eigenvalue weighted by atomic mass is 79.9. The van der Waals surface area contributed by atoms with E-state index in [0.29, 0.717) is 0 Å². The van der Waals surface area contributed by atoms with Gasteiger partial charge >= 0.3 is 0 Å². The van der Waals surface area contributed by atoms with Gasteiger partial charge in [-0.3, -0.25) is 0 Å². The fourth-order valence-electron chi connectivity index (χ4n) is 1.97. The van der Waals surface area contributed by atoms with E-state index in [9.17, 15) is 0 Å². The van der Waals surface area contributed by atoms with Gasteiger partial charge in [-0.15, -0.1) is 0 Å². The smallest absolute Gasteiger partial charge is 0.127 e. The van der Waals surface area contributed by atoms with Gasteiger partial charge in [0, 0.05) is 28.5 Å². The molecule has 0 amide bonds. The molecule has 0 saturated carbocycles. The molecule has 2 N–H and O–H groups in total. The first-order valence-electron chi connectivity index (χ1n) is 5.89. The Balaban J connectivity index is 2.18. The van der Waals surface area contributed by atoms with E-state index in [4.69, 9.17) is 10.1 Å². The highest BCUT2D eigenvalue weighted by molar-refractivity contribution is 9.10. The Morgan fingerprint density at radius 2 is 2.29 bits per heavy atom. The van der Waals surface area contributed by atoms with Crippen molar-refractivity contribution in [2.24, 2.45) is 0 Å². The second-order valence-electron chi connectivity index (χ2n) is 4.33. The van der Waals surface area contributed by atoms with Gasteiger partial charge in [-0.05, 0) is 43.9 Å². The first kappa shape index (κ1) is 12.6. The summed E-state index contributed by atoms with van der Waals surface area (Å²) >= 11 is 3.48. The van der Waals surface area contributed by atoms with E-state index in [1.807, 2.05) is 13.0 Å². The Labute approximate surface area is 110 Å². The molecule has 0 bridgehead atoms. The van der Waals surface area contributed by atoms with Crippen LogP contribution in [0.15, 0.2) is 16.6 Å². The number of hydrogen-bond acceptors (Lipinski definition) is 3. The van der Waals surface area contributed by atoms with Crippen molar-refractivity contribution >= 4 is 27.8 Å². The van der Waals surface area contributed by atoms with Gasteiger partial charge in [0.2, 0.25) is 0 Å². The molecule has 4 heteroatoms. The third kappa shape index (κ3) is 3.07. The van der Waals surface area contributed by atoms with Crippen molar-refractivity contribution in [2.75, 3.05) is 11.9 Å². The Morgan fingerprint density at radius 3 is 2.94 bits per heavy atom. The second-order valence-corrected chi connectivity index (χ2v) is 5.19. The molecule has 0 radical (unpaired) electrons. The summed E-state index contributed by atoms with van der Waals surface area (Å²) < 4.78 is 6.69. The lowest BCUT2D eigenvalue weighted by Crippen LogP contribution is -2.27. The molecule has 1 fully saturated rings. The summed E-state index contributed by atoms with van der Waals surface area (Å²) in [6.07, 6.45) is 4.84. The van der Waals surface area contributed by atoms with Crippen molar-refractivity contribution in [3.63, 3.8) is 0 Å². The maximum absolute atomic E-state index is 7.44. The summed E-state index contributed by atoms with van der Waals surface area (Å²) in [7, 11) is 0. The quantitative estimate of drug-likeness (QED) is 0.836. The Hall–Kier alpha value is -0.870. The van der Waals surface area contributed by atoms with Crippen LogP contribution in [-0.4, -0.2) is 19.0 Å². The number of benzene rings is 1. The highest BCUT2D eigenvalue weighted by Gasteiger charge is 2.15. The van der Waals surface area contributed by atoms with E-state index < -0.39 is 0 Å². The molecule has 1 saturated heterocycles. The van der Waals surface area contributed by atoms with Crippen molar-refractivity contribution < 1.29 is 4.74 Å². The first-order valence-corrected chi connectivity index (χ1v) is 6.69. The van der Waals surface area contributed by atoms with Crippen molar-refractivity contribution in [3.05, 3.63) is 27.7 Å². The van der Waals surface area contributed by atoms with E-state index in [1.165, 1.54) is 12.6 Å². The van der Waals surface area contributed by atoms with E-state index >= 15 is 0 Å². The topological polar surface area (TPSA) is 45.1 Å². The zero-order chi connectivity index (χ0) is 12.3. The maximum Gasteiger partial charge on any atom is 0.127 e. The highest BCUT2D eigenvalue weighted by Crippen LogP contribution is 2.26. The predicted octanol–water partition coefficient (Wildman–Crippen LogP) is 3.69. The molecule has 0 aliphatic carbocycles. The van der Waals surface area contributed by atoms with Crippen molar-refractivity contribution in [1.29, 1.82) is 5.41 Å². The number of rotatable bonds is 3. The van der Waals surface area contributed by atoms with Gasteiger partial charge in [0.1, 0.15) is 6.23 Å². The van der Waals surface area contributed by atoms with Crippen LogP contribution in [0.3, 0.4) is 0 Å². The van der Waals surface area contributed by atoms with Crippen LogP contribution < -0.4 is 5.32 Å². The van der Waals surface area contributed by atoms with Crippen LogP contribution in [0, 0.1) is 12.3 Å². The number of halogens is 1. The average Bonchev–Trinajstić information content (AvgIpc) is 2.35. The molecule has 1 aromatic carbocycles. The van der Waals surface area contributed by atoms with Gasteiger partial charge in [-0.1, -0.05) is 15.9 Å². The SMILES string of the molecule is Cc1cc(NC2CCCCO2)c(C=N)cc1Br. The number of aryl methyl sites for hydroxylation is 1. The second kappa shape index (κ2) is 5.65. The molecule has 3 nitrogen and oxygen atoms in total. The molecule has 1 atom stereocenters. The minimum atomic E-state index is 0.0861. The molecule has 1 aromatic rings. The lowest BCUT2D eigenvalue weighted by molar-refractivity contribution is 0.0343. The molecule has 1 unspecified atom stereocenters. The van der Waals surface area contributed by atoms with Gasteiger partial charge < -0.3 is 15.5 Å². The lowest BCUT2D eigenvalue weighted by Gasteiger charge is -2.25. The molecular formula is C13H17BrN2O. The normalized spacial score (nSPS) is 20.0. The van der Waals surface area contributed by atoms with Crippen LogP contribution in [-0.2, 0) is 4.74 Å². The van der Waals surface area contributed by atoms with E-state index in [0.717, 1.165) is 40.7 Å². The van der Waals surface area contributed by atoms with Crippen LogP contribution in [0.1, 0.15) is 30.4 Å². The minimum Gasteiger partial charge on any atom is -0.360 e. The monoisotopic (exact) mass is 296 g/mol. The Morgan fingerprint density at radius 1 is 1.47 bits per heavy atom. The number of ether oxygens (including phenoxy) is 1. The number of hydrogen-bond donors (Lipinski definition) is 2. The van der Waals surface area contributed by atoms with Gasteiger partial charge in [-0.25, -0.2) is 0 Å². The third-order valence-electron chi connectivity index (χ3n) is 2.98. The molecule has 2 rings (SSSR count). The molecule has 1 aliphatic rings. The van der Waals surface area contributed by atoms with Crippen LogP contribution in [0.4, 0.5) is 5.69 Å².